The number of rotatable bonds is 9. The molecule has 0 bridgehead atoms. The molecule has 0 spiro atoms. The fourth-order valence-electron chi connectivity index (χ4n) is 3.29. The van der Waals surface area contributed by atoms with E-state index in [-0.39, 0.29) is 11.5 Å². The summed E-state index contributed by atoms with van der Waals surface area (Å²) in [5.74, 6) is 1.16. The Hall–Kier alpha value is -3.07. The lowest BCUT2D eigenvalue weighted by Gasteiger charge is -2.15. The second kappa shape index (κ2) is 11.4. The van der Waals surface area contributed by atoms with Crippen LogP contribution in [0.5, 0.6) is 11.5 Å². The maximum absolute atomic E-state index is 13.3. The molecule has 0 saturated carbocycles. The summed E-state index contributed by atoms with van der Waals surface area (Å²) in [5.41, 5.74) is 2.01. The molecule has 3 rings (SSSR count). The van der Waals surface area contributed by atoms with E-state index in [1.54, 1.807) is 55.5 Å². The predicted molar refractivity (Wildman–Crippen MR) is 134 cm³/mol. The smallest absolute Gasteiger partial charge is 0.231 e. The lowest BCUT2D eigenvalue weighted by molar-refractivity contribution is -0.109. The van der Waals surface area contributed by atoms with Gasteiger partial charge in [0.15, 0.2) is 5.76 Å². The van der Waals surface area contributed by atoms with Gasteiger partial charge in [-0.15, -0.1) is 0 Å². The number of halogens is 1. The summed E-state index contributed by atoms with van der Waals surface area (Å²) in [7, 11) is 3.02. The van der Waals surface area contributed by atoms with Crippen LogP contribution in [0.15, 0.2) is 52.9 Å². The van der Waals surface area contributed by atoms with E-state index in [4.69, 9.17) is 41.0 Å². The van der Waals surface area contributed by atoms with Crippen molar-refractivity contribution in [2.45, 2.75) is 20.0 Å². The maximum atomic E-state index is 13.3. The van der Waals surface area contributed by atoms with Crippen LogP contribution in [-0.4, -0.2) is 36.7 Å². The zero-order chi connectivity index (χ0) is 24.8. The first-order valence-electron chi connectivity index (χ1n) is 10.4. The highest BCUT2D eigenvalue weighted by atomic mass is 35.5. The SMILES string of the molecule is CCO[C@H](C(=O)c1ccc(-c2cc(OC)c(Cl)c(OC)c2)o1)c1ccc(C(=N)SC(C)=[NH2+])cc1. The van der Waals surface area contributed by atoms with Crippen molar-refractivity contribution in [3.63, 3.8) is 0 Å². The number of furan rings is 1. The molecule has 34 heavy (non-hydrogen) atoms. The third-order valence-corrected chi connectivity index (χ3v) is 6.02. The van der Waals surface area contributed by atoms with Gasteiger partial charge in [0.25, 0.3) is 0 Å². The molecule has 0 aliphatic heterocycles. The number of hydrogen-bond acceptors (Lipinski definition) is 7. The largest absolute Gasteiger partial charge is 0.495 e. The summed E-state index contributed by atoms with van der Waals surface area (Å²) in [4.78, 5) is 13.3. The van der Waals surface area contributed by atoms with Gasteiger partial charge >= 0.3 is 0 Å². The zero-order valence-corrected chi connectivity index (χ0v) is 20.9. The van der Waals surface area contributed by atoms with Gasteiger partial charge in [0, 0.05) is 24.7 Å². The van der Waals surface area contributed by atoms with E-state index in [9.17, 15) is 4.79 Å². The summed E-state index contributed by atoms with van der Waals surface area (Å²) in [6, 6.07) is 13.8. The molecule has 0 radical (unpaired) electrons. The van der Waals surface area contributed by atoms with Crippen molar-refractivity contribution in [1.29, 1.82) is 5.41 Å². The van der Waals surface area contributed by atoms with Gasteiger partial charge in [0.2, 0.25) is 10.8 Å². The van der Waals surface area contributed by atoms with E-state index in [1.807, 2.05) is 6.92 Å². The number of thioether (sulfide) groups is 1. The Morgan fingerprint density at radius 3 is 2.26 bits per heavy atom. The first-order valence-corrected chi connectivity index (χ1v) is 11.6. The summed E-state index contributed by atoms with van der Waals surface area (Å²) in [6.07, 6.45) is -0.850. The molecule has 0 unspecified atom stereocenters. The standard InChI is InChI=1S/C25H25ClN2O5S/c1-5-32-24(15-6-8-16(9-7-15)25(28)34-14(2)27)23(29)19-11-10-18(33-19)17-12-20(30-3)22(26)21(13-17)31-4/h6-13,24,27-28H,5H2,1-4H3/p+1/t24-/m0/s1. The van der Waals surface area contributed by atoms with Crippen LogP contribution >= 0.6 is 23.4 Å². The molecule has 3 aromatic rings. The Bertz CT molecular complexity index is 1180. The number of methoxy groups -OCH3 is 2. The number of nitrogens with two attached hydrogens (primary N) is 1. The highest BCUT2D eigenvalue weighted by molar-refractivity contribution is 8.26. The third kappa shape index (κ3) is 5.70. The first kappa shape index (κ1) is 25.6. The van der Waals surface area contributed by atoms with Crippen LogP contribution < -0.4 is 14.9 Å². The van der Waals surface area contributed by atoms with Gasteiger partial charge in [-0.25, -0.2) is 0 Å². The minimum atomic E-state index is -0.850. The fourth-order valence-corrected chi connectivity index (χ4v) is 4.12. The molecule has 0 amide bonds. The van der Waals surface area contributed by atoms with Crippen molar-refractivity contribution in [2.75, 3.05) is 20.8 Å². The lowest BCUT2D eigenvalue weighted by atomic mass is 10.0. The number of ketones is 1. The highest BCUT2D eigenvalue weighted by Gasteiger charge is 2.26. The van der Waals surface area contributed by atoms with Crippen molar-refractivity contribution in [3.8, 4) is 22.8 Å². The highest BCUT2D eigenvalue weighted by Crippen LogP contribution is 2.39. The summed E-state index contributed by atoms with van der Waals surface area (Å²) >= 11 is 7.43. The van der Waals surface area contributed by atoms with E-state index in [2.05, 4.69) is 0 Å². The Balaban J connectivity index is 1.88. The number of ether oxygens (including phenoxy) is 3. The van der Waals surface area contributed by atoms with E-state index >= 15 is 0 Å². The van der Waals surface area contributed by atoms with Gasteiger partial charge in [-0.1, -0.05) is 35.9 Å². The van der Waals surface area contributed by atoms with Crippen LogP contribution in [0.1, 0.15) is 41.6 Å². The van der Waals surface area contributed by atoms with Crippen molar-refractivity contribution in [2.24, 2.45) is 0 Å². The molecule has 178 valence electrons. The molecule has 7 nitrogen and oxygen atoms in total. The van der Waals surface area contributed by atoms with Gasteiger partial charge in [0.1, 0.15) is 33.4 Å². The molecule has 0 aliphatic carbocycles. The molecular weight excluding hydrogens is 476 g/mol. The second-order valence-corrected chi connectivity index (χ2v) is 8.86. The van der Waals surface area contributed by atoms with E-state index < -0.39 is 6.10 Å². The number of carbonyl (C=O) groups is 1. The minimum absolute atomic E-state index is 0.155. The van der Waals surface area contributed by atoms with Crippen LogP contribution in [0.25, 0.3) is 11.3 Å². The van der Waals surface area contributed by atoms with Gasteiger partial charge in [-0.2, -0.15) is 0 Å². The number of hydrogen-bond donors (Lipinski definition) is 2. The molecular formula is C25H26ClN2O5S+. The molecule has 3 N–H and O–H groups in total. The molecule has 1 heterocycles. The van der Waals surface area contributed by atoms with Crippen molar-refractivity contribution >= 4 is 39.2 Å². The molecule has 0 saturated heterocycles. The number of carbonyl (C=O) groups excluding carboxylic acids is 1. The van der Waals surface area contributed by atoms with Crippen LogP contribution in [0.3, 0.4) is 0 Å². The van der Waals surface area contributed by atoms with Crippen LogP contribution in [0, 0.1) is 5.41 Å². The molecule has 0 aliphatic rings. The summed E-state index contributed by atoms with van der Waals surface area (Å²) in [6.45, 7) is 3.90. The van der Waals surface area contributed by atoms with Gasteiger partial charge < -0.3 is 18.6 Å². The number of benzene rings is 2. The topological polar surface area (TPSA) is 107 Å². The van der Waals surface area contributed by atoms with Gasteiger partial charge in [-0.05, 0) is 48.5 Å². The van der Waals surface area contributed by atoms with Crippen molar-refractivity contribution in [3.05, 3.63) is 70.4 Å². The normalized spacial score (nSPS) is 11.7. The Kier molecular flexibility index (Phi) is 8.55. The summed E-state index contributed by atoms with van der Waals surface area (Å²) in [5, 5.41) is 15.1. The van der Waals surface area contributed by atoms with E-state index in [0.29, 0.717) is 55.7 Å². The molecule has 1 atom stereocenters. The number of Topliss-reactive ketones (excluding diaryl/α,β-unsaturated/α-hetero) is 1. The third-order valence-electron chi connectivity index (χ3n) is 4.89. The number of nitrogens with one attached hydrogen (secondary N) is 1. The summed E-state index contributed by atoms with van der Waals surface area (Å²) < 4.78 is 22.3. The monoisotopic (exact) mass is 501 g/mol. The van der Waals surface area contributed by atoms with Crippen LogP contribution in [0.2, 0.25) is 5.02 Å². The Morgan fingerprint density at radius 2 is 1.74 bits per heavy atom. The molecule has 1 aromatic heterocycles. The van der Waals surface area contributed by atoms with E-state index in [1.165, 1.54) is 26.0 Å². The minimum Gasteiger partial charge on any atom is -0.495 e. The van der Waals surface area contributed by atoms with E-state index in [0.717, 1.165) is 0 Å². The second-order valence-electron chi connectivity index (χ2n) is 7.22. The first-order chi connectivity index (χ1) is 16.3. The Labute approximate surface area is 207 Å². The van der Waals surface area contributed by atoms with Crippen LogP contribution in [0.4, 0.5) is 0 Å². The zero-order valence-electron chi connectivity index (χ0n) is 19.3. The average Bonchev–Trinajstić information content (AvgIpc) is 3.32. The molecule has 9 heteroatoms. The van der Waals surface area contributed by atoms with Gasteiger partial charge in [0.05, 0.1) is 14.2 Å². The predicted octanol–water partition coefficient (Wildman–Crippen LogP) is 4.81. The molecule has 0 fully saturated rings. The Morgan fingerprint density at radius 1 is 1.12 bits per heavy atom. The average molecular weight is 502 g/mol. The quantitative estimate of drug-likeness (QED) is 0.247. The van der Waals surface area contributed by atoms with Gasteiger partial charge in [-0.3, -0.25) is 15.6 Å². The fraction of sp³-hybridized carbons (Fsp3) is 0.240. The molecule has 2 aromatic carbocycles. The maximum Gasteiger partial charge on any atom is 0.231 e. The van der Waals surface area contributed by atoms with Crippen molar-refractivity contribution < 1.29 is 28.8 Å². The lowest BCUT2D eigenvalue weighted by Crippen LogP contribution is -2.35. The van der Waals surface area contributed by atoms with Crippen molar-refractivity contribution in [1.82, 2.24) is 0 Å². The van der Waals surface area contributed by atoms with Crippen LogP contribution in [-0.2, 0) is 4.74 Å².